The molecule has 3 aliphatic rings. The van der Waals surface area contributed by atoms with E-state index in [2.05, 4.69) is 20.4 Å². The van der Waals surface area contributed by atoms with Gasteiger partial charge < -0.3 is 9.84 Å². The summed E-state index contributed by atoms with van der Waals surface area (Å²) in [6.07, 6.45) is 10.3. The molecule has 4 rings (SSSR count). The highest BCUT2D eigenvalue weighted by Gasteiger charge is 2.31. The van der Waals surface area contributed by atoms with E-state index in [1.807, 2.05) is 6.92 Å². The van der Waals surface area contributed by atoms with Crippen LogP contribution in [0.4, 0.5) is 0 Å². The molecule has 0 bridgehead atoms. The van der Waals surface area contributed by atoms with Gasteiger partial charge in [-0.25, -0.2) is 0 Å². The Bertz CT molecular complexity index is 584. The summed E-state index contributed by atoms with van der Waals surface area (Å²) < 4.78 is 5.36. The fourth-order valence-corrected chi connectivity index (χ4v) is 4.21. The number of carbonyl (C=O) groups is 1. The van der Waals surface area contributed by atoms with Gasteiger partial charge in [0.05, 0.1) is 6.04 Å². The number of carbonyl (C=O) groups excluding carboxylic acids is 1. The summed E-state index contributed by atoms with van der Waals surface area (Å²) in [5.74, 6) is 3.04. The Labute approximate surface area is 149 Å². The van der Waals surface area contributed by atoms with E-state index in [4.69, 9.17) is 4.52 Å². The van der Waals surface area contributed by atoms with Gasteiger partial charge in [0.15, 0.2) is 5.82 Å². The normalized spacial score (nSPS) is 24.5. The van der Waals surface area contributed by atoms with Crippen molar-refractivity contribution in [2.24, 2.45) is 5.92 Å². The largest absolute Gasteiger partial charge is 0.352 e. The van der Waals surface area contributed by atoms with Crippen molar-refractivity contribution in [2.75, 3.05) is 13.1 Å². The van der Waals surface area contributed by atoms with Crippen LogP contribution in [0, 0.1) is 5.92 Å². The molecule has 1 aliphatic heterocycles. The van der Waals surface area contributed by atoms with E-state index >= 15 is 0 Å². The van der Waals surface area contributed by atoms with Crippen molar-refractivity contribution >= 4 is 5.91 Å². The standard InChI is InChI=1S/C19H30N4O2/c1-13(18(24)20-16-4-2-3-5-16)23-10-8-14(9-11-23)12-17-21-19(25-22-17)15-6-7-15/h13-16H,2-12H2,1H3,(H,20,24)/t13-/m1/s1. The third-order valence-electron chi connectivity index (χ3n) is 6.16. The third-order valence-corrected chi connectivity index (χ3v) is 6.16. The van der Waals surface area contributed by atoms with E-state index in [0.29, 0.717) is 17.9 Å². The predicted molar refractivity (Wildman–Crippen MR) is 94.1 cm³/mol. The molecular weight excluding hydrogens is 316 g/mol. The first-order valence-corrected chi connectivity index (χ1v) is 10.1. The average Bonchev–Trinajstić information content (AvgIpc) is 3.15. The molecule has 3 fully saturated rings. The van der Waals surface area contributed by atoms with Crippen molar-refractivity contribution in [3.8, 4) is 0 Å². The monoisotopic (exact) mass is 346 g/mol. The molecule has 2 saturated carbocycles. The van der Waals surface area contributed by atoms with Crippen molar-refractivity contribution in [3.05, 3.63) is 11.7 Å². The van der Waals surface area contributed by atoms with Crippen LogP contribution in [0.5, 0.6) is 0 Å². The van der Waals surface area contributed by atoms with Gasteiger partial charge in [0.2, 0.25) is 11.8 Å². The Kier molecular flexibility index (Phi) is 5.06. The third kappa shape index (κ3) is 4.22. The molecule has 6 nitrogen and oxygen atoms in total. The maximum atomic E-state index is 12.5. The van der Waals surface area contributed by atoms with E-state index in [1.165, 1.54) is 25.7 Å². The van der Waals surface area contributed by atoms with E-state index < -0.39 is 0 Å². The van der Waals surface area contributed by atoms with Crippen LogP contribution in [-0.4, -0.2) is 46.1 Å². The van der Waals surface area contributed by atoms with Gasteiger partial charge in [0.25, 0.3) is 0 Å². The molecule has 1 atom stereocenters. The minimum absolute atomic E-state index is 0.0202. The van der Waals surface area contributed by atoms with Crippen LogP contribution < -0.4 is 5.32 Å². The number of amides is 1. The Morgan fingerprint density at radius 3 is 2.60 bits per heavy atom. The number of nitrogens with one attached hydrogen (secondary N) is 1. The molecule has 1 aromatic rings. The molecule has 0 radical (unpaired) electrons. The Morgan fingerprint density at radius 1 is 1.20 bits per heavy atom. The second kappa shape index (κ2) is 7.44. The second-order valence-corrected chi connectivity index (χ2v) is 8.17. The summed E-state index contributed by atoms with van der Waals surface area (Å²) >= 11 is 0. The first-order valence-electron chi connectivity index (χ1n) is 10.1. The van der Waals surface area contributed by atoms with Gasteiger partial charge in [-0.15, -0.1) is 0 Å². The van der Waals surface area contributed by atoms with E-state index in [1.54, 1.807) is 0 Å². The molecule has 138 valence electrons. The van der Waals surface area contributed by atoms with Crippen LogP contribution in [-0.2, 0) is 11.2 Å². The van der Waals surface area contributed by atoms with E-state index in [-0.39, 0.29) is 11.9 Å². The predicted octanol–water partition coefficient (Wildman–Crippen LogP) is 2.65. The summed E-state index contributed by atoms with van der Waals surface area (Å²) in [7, 11) is 0. The van der Waals surface area contributed by atoms with Crippen LogP contribution in [0.3, 0.4) is 0 Å². The maximum absolute atomic E-state index is 12.5. The zero-order valence-corrected chi connectivity index (χ0v) is 15.2. The summed E-state index contributed by atoms with van der Waals surface area (Å²) in [6, 6.07) is 0.389. The fraction of sp³-hybridized carbons (Fsp3) is 0.842. The van der Waals surface area contributed by atoms with Crippen LogP contribution in [0.1, 0.15) is 75.9 Å². The number of hydrogen-bond acceptors (Lipinski definition) is 5. The van der Waals surface area contributed by atoms with Gasteiger partial charge in [-0.1, -0.05) is 18.0 Å². The average molecular weight is 346 g/mol. The van der Waals surface area contributed by atoms with Crippen LogP contribution in [0.15, 0.2) is 4.52 Å². The molecule has 0 spiro atoms. The highest BCUT2D eigenvalue weighted by Crippen LogP contribution is 2.39. The lowest BCUT2D eigenvalue weighted by Crippen LogP contribution is -2.50. The molecule has 2 aliphatic carbocycles. The highest BCUT2D eigenvalue weighted by molar-refractivity contribution is 5.81. The molecule has 1 saturated heterocycles. The van der Waals surface area contributed by atoms with Gasteiger partial charge in [-0.05, 0) is 64.5 Å². The minimum Gasteiger partial charge on any atom is -0.352 e. The lowest BCUT2D eigenvalue weighted by atomic mass is 9.92. The number of likely N-dealkylation sites (tertiary alicyclic amines) is 1. The SMILES string of the molecule is C[C@H](C(=O)NC1CCCC1)N1CCC(Cc2noc(C3CC3)n2)CC1. The van der Waals surface area contributed by atoms with Crippen molar-refractivity contribution in [1.82, 2.24) is 20.4 Å². The summed E-state index contributed by atoms with van der Waals surface area (Å²) in [5, 5.41) is 7.38. The Hall–Kier alpha value is -1.43. The molecule has 1 amide bonds. The van der Waals surface area contributed by atoms with Crippen molar-refractivity contribution in [3.63, 3.8) is 0 Å². The number of nitrogens with zero attached hydrogens (tertiary/aromatic N) is 3. The van der Waals surface area contributed by atoms with E-state index in [9.17, 15) is 4.79 Å². The number of aromatic nitrogens is 2. The summed E-state index contributed by atoms with van der Waals surface area (Å²) in [6.45, 7) is 4.01. The van der Waals surface area contributed by atoms with Crippen molar-refractivity contribution in [2.45, 2.75) is 82.7 Å². The van der Waals surface area contributed by atoms with Crippen LogP contribution in [0.25, 0.3) is 0 Å². The molecule has 1 N–H and O–H groups in total. The van der Waals surface area contributed by atoms with Gasteiger partial charge in [-0.2, -0.15) is 4.98 Å². The Morgan fingerprint density at radius 2 is 1.92 bits per heavy atom. The first kappa shape index (κ1) is 17.0. The summed E-state index contributed by atoms with van der Waals surface area (Å²) in [5.41, 5.74) is 0. The topological polar surface area (TPSA) is 71.3 Å². The zero-order chi connectivity index (χ0) is 17.2. The molecule has 25 heavy (non-hydrogen) atoms. The highest BCUT2D eigenvalue weighted by atomic mass is 16.5. The van der Waals surface area contributed by atoms with Gasteiger partial charge in [0, 0.05) is 18.4 Å². The van der Waals surface area contributed by atoms with Crippen molar-refractivity contribution < 1.29 is 9.32 Å². The molecule has 2 heterocycles. The lowest BCUT2D eigenvalue weighted by Gasteiger charge is -2.35. The van der Waals surface area contributed by atoms with Crippen LogP contribution in [0.2, 0.25) is 0 Å². The maximum Gasteiger partial charge on any atom is 0.237 e. The second-order valence-electron chi connectivity index (χ2n) is 8.17. The number of hydrogen-bond donors (Lipinski definition) is 1. The van der Waals surface area contributed by atoms with Gasteiger partial charge in [-0.3, -0.25) is 9.69 Å². The molecule has 6 heteroatoms. The van der Waals surface area contributed by atoms with Gasteiger partial charge >= 0.3 is 0 Å². The van der Waals surface area contributed by atoms with Gasteiger partial charge in [0.1, 0.15) is 0 Å². The zero-order valence-electron chi connectivity index (χ0n) is 15.2. The minimum atomic E-state index is -0.0202. The molecule has 0 unspecified atom stereocenters. The van der Waals surface area contributed by atoms with Crippen LogP contribution >= 0.6 is 0 Å². The van der Waals surface area contributed by atoms with Crippen molar-refractivity contribution in [1.29, 1.82) is 0 Å². The molecule has 1 aromatic heterocycles. The number of piperidine rings is 1. The Balaban J connectivity index is 1.22. The van der Waals surface area contributed by atoms with E-state index in [0.717, 1.165) is 56.9 Å². The first-order chi connectivity index (χ1) is 12.2. The molecule has 0 aromatic carbocycles. The lowest BCUT2D eigenvalue weighted by molar-refractivity contribution is -0.127. The fourth-order valence-electron chi connectivity index (χ4n) is 4.21. The number of rotatable bonds is 6. The smallest absolute Gasteiger partial charge is 0.237 e. The molecular formula is C19H30N4O2. The summed E-state index contributed by atoms with van der Waals surface area (Å²) in [4.78, 5) is 19.3. The quantitative estimate of drug-likeness (QED) is 0.857.